The molecule has 10 heteroatoms. The first-order chi connectivity index (χ1) is 15.4. The third-order valence-electron chi connectivity index (χ3n) is 4.80. The van der Waals surface area contributed by atoms with Gasteiger partial charge in [0.25, 0.3) is 5.56 Å². The maximum absolute atomic E-state index is 13.3. The van der Waals surface area contributed by atoms with E-state index in [1.165, 1.54) is 34.5 Å². The Hall–Kier alpha value is -3.85. The lowest BCUT2D eigenvalue weighted by molar-refractivity contribution is -0.116. The van der Waals surface area contributed by atoms with Crippen LogP contribution in [0.2, 0.25) is 5.02 Å². The molecule has 0 aliphatic heterocycles. The second kappa shape index (κ2) is 8.72. The lowest BCUT2D eigenvalue weighted by atomic mass is 10.1. The van der Waals surface area contributed by atoms with Crippen molar-refractivity contribution in [2.24, 2.45) is 0 Å². The maximum atomic E-state index is 13.3. The second-order valence-corrected chi connectivity index (χ2v) is 7.24. The molecule has 0 bridgehead atoms. The van der Waals surface area contributed by atoms with Gasteiger partial charge in [0.05, 0.1) is 24.9 Å². The van der Waals surface area contributed by atoms with E-state index >= 15 is 0 Å². The molecule has 0 saturated heterocycles. The third kappa shape index (κ3) is 4.15. The van der Waals surface area contributed by atoms with Crippen molar-refractivity contribution in [2.45, 2.75) is 6.54 Å². The first kappa shape index (κ1) is 21.4. The van der Waals surface area contributed by atoms with E-state index in [4.69, 9.17) is 21.1 Å². The Labute approximate surface area is 186 Å². The van der Waals surface area contributed by atoms with Crippen molar-refractivity contribution in [2.75, 3.05) is 19.5 Å². The summed E-state index contributed by atoms with van der Waals surface area (Å²) in [7, 11) is 3.08. The van der Waals surface area contributed by atoms with Crippen LogP contribution in [-0.2, 0) is 11.3 Å². The van der Waals surface area contributed by atoms with Crippen LogP contribution >= 0.6 is 11.6 Å². The molecule has 164 valence electrons. The molecule has 4 rings (SSSR count). The highest BCUT2D eigenvalue weighted by Gasteiger charge is 2.14. The fourth-order valence-electron chi connectivity index (χ4n) is 3.22. The van der Waals surface area contributed by atoms with Crippen molar-refractivity contribution < 1.29 is 18.7 Å². The fourth-order valence-corrected chi connectivity index (χ4v) is 3.40. The number of hydrogen-bond donors (Lipinski definition) is 1. The second-order valence-electron chi connectivity index (χ2n) is 6.84. The number of amides is 1. The van der Waals surface area contributed by atoms with E-state index in [1.54, 1.807) is 31.5 Å². The van der Waals surface area contributed by atoms with Gasteiger partial charge in [-0.3, -0.25) is 9.59 Å². The number of halogens is 2. The molecule has 0 radical (unpaired) electrons. The van der Waals surface area contributed by atoms with E-state index in [0.717, 1.165) is 11.6 Å². The summed E-state index contributed by atoms with van der Waals surface area (Å²) in [6.07, 6.45) is 3.06. The average molecular weight is 457 g/mol. The van der Waals surface area contributed by atoms with Crippen molar-refractivity contribution >= 4 is 28.7 Å². The van der Waals surface area contributed by atoms with E-state index < -0.39 is 11.7 Å². The number of methoxy groups -OCH3 is 2. The van der Waals surface area contributed by atoms with Gasteiger partial charge in [-0.1, -0.05) is 11.6 Å². The van der Waals surface area contributed by atoms with Crippen LogP contribution in [0.15, 0.2) is 59.7 Å². The highest BCUT2D eigenvalue weighted by molar-refractivity contribution is 6.31. The van der Waals surface area contributed by atoms with Gasteiger partial charge >= 0.3 is 0 Å². The summed E-state index contributed by atoms with van der Waals surface area (Å²) in [5.41, 5.74) is 1.54. The Morgan fingerprint density at radius 2 is 1.88 bits per heavy atom. The highest BCUT2D eigenvalue weighted by atomic mass is 35.5. The molecule has 0 saturated carbocycles. The number of nitrogens with one attached hydrogen (secondary N) is 1. The van der Waals surface area contributed by atoms with Crippen LogP contribution in [0.5, 0.6) is 11.5 Å². The predicted molar refractivity (Wildman–Crippen MR) is 118 cm³/mol. The molecule has 0 fully saturated rings. The Kier molecular flexibility index (Phi) is 5.83. The zero-order chi connectivity index (χ0) is 22.8. The number of fused-ring (bicyclic) bond motifs is 1. The zero-order valence-electron chi connectivity index (χ0n) is 17.1. The fraction of sp³-hybridized carbons (Fsp3) is 0.136. The van der Waals surface area contributed by atoms with E-state index in [2.05, 4.69) is 10.4 Å². The predicted octanol–water partition coefficient (Wildman–Crippen LogP) is 3.61. The Balaban J connectivity index is 1.60. The molecule has 4 aromatic rings. The number of carbonyl (C=O) groups is 1. The lowest BCUT2D eigenvalue weighted by Gasteiger charge is -2.08. The number of anilines is 1. The van der Waals surface area contributed by atoms with E-state index in [0.29, 0.717) is 28.4 Å². The molecule has 1 N–H and O–H groups in total. The van der Waals surface area contributed by atoms with Crippen LogP contribution in [0.1, 0.15) is 0 Å². The topological polar surface area (TPSA) is 86.9 Å². The number of carbonyl (C=O) groups excluding carboxylic acids is 1. The van der Waals surface area contributed by atoms with Gasteiger partial charge in [0, 0.05) is 23.6 Å². The number of rotatable bonds is 6. The van der Waals surface area contributed by atoms with E-state index in [-0.39, 0.29) is 17.1 Å². The summed E-state index contributed by atoms with van der Waals surface area (Å²) in [4.78, 5) is 25.3. The van der Waals surface area contributed by atoms with Crippen LogP contribution in [0, 0.1) is 5.82 Å². The summed E-state index contributed by atoms with van der Waals surface area (Å²) < 4.78 is 26.6. The molecule has 2 aromatic heterocycles. The molecule has 1 amide bonds. The van der Waals surface area contributed by atoms with Crippen molar-refractivity contribution in [1.82, 2.24) is 14.2 Å². The molecular weight excluding hydrogens is 439 g/mol. The molecule has 8 nitrogen and oxygen atoms in total. The van der Waals surface area contributed by atoms with Crippen LogP contribution in [0.25, 0.3) is 16.8 Å². The lowest BCUT2D eigenvalue weighted by Crippen LogP contribution is -2.28. The van der Waals surface area contributed by atoms with E-state index in [9.17, 15) is 14.0 Å². The first-order valence-corrected chi connectivity index (χ1v) is 9.83. The molecule has 0 unspecified atom stereocenters. The number of hydrogen-bond acceptors (Lipinski definition) is 5. The van der Waals surface area contributed by atoms with Crippen LogP contribution < -0.4 is 20.3 Å². The number of ether oxygens (including phenoxy) is 2. The van der Waals surface area contributed by atoms with Gasteiger partial charge in [-0.25, -0.2) is 8.91 Å². The van der Waals surface area contributed by atoms with Crippen molar-refractivity contribution in [3.05, 3.63) is 76.1 Å². The van der Waals surface area contributed by atoms with Gasteiger partial charge in [0.2, 0.25) is 5.91 Å². The Morgan fingerprint density at radius 3 is 2.59 bits per heavy atom. The minimum atomic E-state index is -0.586. The summed E-state index contributed by atoms with van der Waals surface area (Å²) in [5, 5.41) is 6.92. The van der Waals surface area contributed by atoms with Gasteiger partial charge in [0.1, 0.15) is 17.9 Å². The summed E-state index contributed by atoms with van der Waals surface area (Å²) in [5.74, 6) is 0.0731. The molecular formula is C22H18ClFN4O4. The largest absolute Gasteiger partial charge is 0.493 e. The number of aromatic nitrogens is 3. The minimum Gasteiger partial charge on any atom is -0.493 e. The van der Waals surface area contributed by atoms with Crippen LogP contribution in [-0.4, -0.2) is 34.3 Å². The van der Waals surface area contributed by atoms with Crippen molar-refractivity contribution in [3.63, 3.8) is 0 Å². The van der Waals surface area contributed by atoms with E-state index in [1.807, 2.05) is 6.07 Å². The number of nitrogens with zero attached hydrogens (tertiary/aromatic N) is 3. The molecule has 2 aromatic carbocycles. The van der Waals surface area contributed by atoms with Crippen molar-refractivity contribution in [1.29, 1.82) is 0 Å². The summed E-state index contributed by atoms with van der Waals surface area (Å²) in [6.45, 7) is -0.235. The summed E-state index contributed by atoms with van der Waals surface area (Å²) in [6, 6.07) is 10.8. The molecule has 2 heterocycles. The molecule has 0 atom stereocenters. The van der Waals surface area contributed by atoms with Crippen LogP contribution in [0.4, 0.5) is 10.1 Å². The van der Waals surface area contributed by atoms with Gasteiger partial charge < -0.3 is 19.4 Å². The standard InChI is InChI=1S/C22H18ClFN4O4/c1-31-19-6-3-13(9-20(19)32-2)17-11-18-22(30)27(7-8-28(18)26-17)12-21(29)25-14-4-5-16(24)15(23)10-14/h3-11H,12H2,1-2H3,(H,25,29). The third-order valence-corrected chi connectivity index (χ3v) is 5.09. The maximum Gasteiger partial charge on any atom is 0.277 e. The smallest absolute Gasteiger partial charge is 0.277 e. The van der Waals surface area contributed by atoms with Gasteiger partial charge in [-0.2, -0.15) is 5.10 Å². The highest BCUT2D eigenvalue weighted by Crippen LogP contribution is 2.31. The Morgan fingerprint density at radius 1 is 1.09 bits per heavy atom. The van der Waals surface area contributed by atoms with Crippen molar-refractivity contribution in [3.8, 4) is 22.8 Å². The van der Waals surface area contributed by atoms with Gasteiger partial charge in [-0.15, -0.1) is 0 Å². The Bertz CT molecular complexity index is 1380. The normalized spacial score (nSPS) is 10.9. The summed E-state index contributed by atoms with van der Waals surface area (Å²) >= 11 is 5.73. The van der Waals surface area contributed by atoms with Gasteiger partial charge in [0.15, 0.2) is 11.5 Å². The SMILES string of the molecule is COc1ccc(-c2cc3c(=O)n(CC(=O)Nc4ccc(F)c(Cl)c4)ccn3n2)cc1OC. The quantitative estimate of drug-likeness (QED) is 0.479. The average Bonchev–Trinajstić information content (AvgIpc) is 3.23. The zero-order valence-corrected chi connectivity index (χ0v) is 17.9. The van der Waals surface area contributed by atoms with Crippen LogP contribution in [0.3, 0.4) is 0 Å². The molecule has 0 spiro atoms. The number of benzene rings is 2. The van der Waals surface area contributed by atoms with Gasteiger partial charge in [-0.05, 0) is 42.5 Å². The minimum absolute atomic E-state index is 0.108. The molecule has 0 aliphatic rings. The first-order valence-electron chi connectivity index (χ1n) is 9.45. The monoisotopic (exact) mass is 456 g/mol. The molecule has 0 aliphatic carbocycles. The molecule has 32 heavy (non-hydrogen) atoms.